The van der Waals surface area contributed by atoms with Crippen LogP contribution in [0.25, 0.3) is 0 Å². The number of rotatable bonds is 4. The fourth-order valence-electron chi connectivity index (χ4n) is 1.59. The fourth-order valence-corrected chi connectivity index (χ4v) is 1.59. The lowest BCUT2D eigenvalue weighted by Gasteiger charge is -2.06. The maximum absolute atomic E-state index is 12.0. The van der Waals surface area contributed by atoms with Gasteiger partial charge in [-0.25, -0.2) is 4.68 Å². The summed E-state index contributed by atoms with van der Waals surface area (Å²) in [7, 11) is 1.76. The quantitative estimate of drug-likeness (QED) is 0.823. The van der Waals surface area contributed by atoms with Gasteiger partial charge in [-0.05, 0) is 13.0 Å². The highest BCUT2D eigenvalue weighted by atomic mass is 16.4. The van der Waals surface area contributed by atoms with Gasteiger partial charge < -0.3 is 10.4 Å². The van der Waals surface area contributed by atoms with Gasteiger partial charge in [0.05, 0.1) is 17.6 Å². The van der Waals surface area contributed by atoms with Crippen LogP contribution in [0.2, 0.25) is 0 Å². The highest BCUT2D eigenvalue weighted by Gasteiger charge is 2.15. The summed E-state index contributed by atoms with van der Waals surface area (Å²) in [6, 6.07) is 1.46. The Bertz CT molecular complexity index is 628. The molecule has 0 unspecified atom stereocenters. The van der Waals surface area contributed by atoms with E-state index in [-0.39, 0.29) is 12.2 Å². The first-order chi connectivity index (χ1) is 8.99. The minimum absolute atomic E-state index is 0.186. The largest absolute Gasteiger partial charge is 0.480 e. The van der Waals surface area contributed by atoms with Crippen LogP contribution in [-0.4, -0.2) is 36.5 Å². The summed E-state index contributed by atoms with van der Waals surface area (Å²) in [5.74, 6) is -1.48. The number of aryl methyl sites for hydroxylation is 1. The van der Waals surface area contributed by atoms with Gasteiger partial charge in [0.2, 0.25) is 0 Å². The number of carboxylic acid groups (broad SMARTS) is 1. The van der Waals surface area contributed by atoms with Crippen molar-refractivity contribution in [3.63, 3.8) is 0 Å². The minimum Gasteiger partial charge on any atom is -0.480 e. The predicted molar refractivity (Wildman–Crippen MR) is 65.8 cm³/mol. The van der Waals surface area contributed by atoms with Gasteiger partial charge in [0.1, 0.15) is 12.2 Å². The van der Waals surface area contributed by atoms with Crippen LogP contribution in [-0.2, 0) is 18.4 Å². The van der Waals surface area contributed by atoms with Gasteiger partial charge in [-0.2, -0.15) is 10.2 Å². The van der Waals surface area contributed by atoms with Gasteiger partial charge >= 0.3 is 5.97 Å². The van der Waals surface area contributed by atoms with E-state index in [0.717, 1.165) is 10.4 Å². The Labute approximate surface area is 108 Å². The second-order valence-electron chi connectivity index (χ2n) is 3.99. The van der Waals surface area contributed by atoms with Crippen LogP contribution in [0.3, 0.4) is 0 Å². The monoisotopic (exact) mass is 263 g/mol. The molecule has 0 fully saturated rings. The van der Waals surface area contributed by atoms with E-state index >= 15 is 0 Å². The van der Waals surface area contributed by atoms with Gasteiger partial charge in [0.15, 0.2) is 0 Å². The van der Waals surface area contributed by atoms with Crippen LogP contribution >= 0.6 is 0 Å². The molecule has 0 saturated carbocycles. The summed E-state index contributed by atoms with van der Waals surface area (Å²) in [6.07, 6.45) is 2.92. The van der Waals surface area contributed by atoms with Crippen molar-refractivity contribution >= 4 is 17.6 Å². The highest BCUT2D eigenvalue weighted by molar-refractivity contribution is 6.03. The van der Waals surface area contributed by atoms with Crippen LogP contribution < -0.4 is 5.32 Å². The number of hydrogen-bond acceptors (Lipinski definition) is 4. The number of hydrogen-bond donors (Lipinski definition) is 2. The summed E-state index contributed by atoms with van der Waals surface area (Å²) in [5.41, 5.74) is 1.57. The van der Waals surface area contributed by atoms with Crippen molar-refractivity contribution in [3.8, 4) is 0 Å². The molecule has 2 rings (SSSR count). The van der Waals surface area contributed by atoms with Gasteiger partial charge in [-0.3, -0.25) is 14.3 Å². The molecule has 0 saturated heterocycles. The van der Waals surface area contributed by atoms with E-state index in [1.165, 1.54) is 18.5 Å². The number of amides is 1. The number of nitrogens with one attached hydrogen (secondary N) is 1. The molecule has 2 heterocycles. The molecule has 0 bridgehead atoms. The lowest BCUT2D eigenvalue weighted by Crippen LogP contribution is -2.20. The van der Waals surface area contributed by atoms with Gasteiger partial charge in [0, 0.05) is 13.2 Å². The van der Waals surface area contributed by atoms with Crippen LogP contribution in [0.15, 0.2) is 18.5 Å². The molecule has 0 aliphatic rings. The predicted octanol–water partition coefficient (Wildman–Crippen LogP) is 0.262. The first-order valence-electron chi connectivity index (χ1n) is 5.52. The van der Waals surface area contributed by atoms with Crippen molar-refractivity contribution in [3.05, 3.63) is 29.8 Å². The van der Waals surface area contributed by atoms with E-state index < -0.39 is 11.9 Å². The molecule has 19 heavy (non-hydrogen) atoms. The van der Waals surface area contributed by atoms with E-state index in [4.69, 9.17) is 5.11 Å². The zero-order valence-electron chi connectivity index (χ0n) is 10.5. The number of carbonyl (C=O) groups is 2. The lowest BCUT2D eigenvalue weighted by atomic mass is 10.3. The topological polar surface area (TPSA) is 102 Å². The van der Waals surface area contributed by atoms with E-state index in [1.807, 2.05) is 6.92 Å². The molecule has 0 spiro atoms. The number of nitrogens with zero attached hydrogens (tertiary/aromatic N) is 4. The Hall–Kier alpha value is -2.64. The van der Waals surface area contributed by atoms with E-state index in [2.05, 4.69) is 15.5 Å². The molecule has 0 aliphatic heterocycles. The molecule has 0 aromatic carbocycles. The van der Waals surface area contributed by atoms with E-state index in [9.17, 15) is 9.59 Å². The van der Waals surface area contributed by atoms with Crippen LogP contribution in [0.4, 0.5) is 5.69 Å². The second-order valence-corrected chi connectivity index (χ2v) is 3.99. The molecule has 0 aliphatic carbocycles. The van der Waals surface area contributed by atoms with Crippen molar-refractivity contribution in [2.75, 3.05) is 5.32 Å². The third-order valence-electron chi connectivity index (χ3n) is 2.72. The molecule has 2 aromatic rings. The fraction of sp³-hybridized carbons (Fsp3) is 0.273. The lowest BCUT2D eigenvalue weighted by molar-refractivity contribution is -0.137. The number of anilines is 1. The summed E-state index contributed by atoms with van der Waals surface area (Å²) < 4.78 is 2.76. The summed E-state index contributed by atoms with van der Waals surface area (Å²) in [5, 5.41) is 19.2. The normalized spacial score (nSPS) is 10.4. The maximum atomic E-state index is 12.0. The molecule has 0 radical (unpaired) electrons. The van der Waals surface area contributed by atoms with Crippen molar-refractivity contribution in [2.24, 2.45) is 7.05 Å². The van der Waals surface area contributed by atoms with Crippen LogP contribution in [0.1, 0.15) is 16.2 Å². The molecule has 100 valence electrons. The number of aromatic nitrogens is 4. The summed E-state index contributed by atoms with van der Waals surface area (Å²) >= 11 is 0. The SMILES string of the molecule is Cc1c(NC(=O)c2ccnn2CC(=O)O)cnn1C. The number of carbonyl (C=O) groups excluding carboxylic acids is 1. The summed E-state index contributed by atoms with van der Waals surface area (Å²) in [6.45, 7) is 1.46. The molecule has 1 amide bonds. The molecular formula is C11H13N5O3. The first-order valence-corrected chi connectivity index (χ1v) is 5.52. The zero-order valence-corrected chi connectivity index (χ0v) is 10.5. The zero-order chi connectivity index (χ0) is 14.0. The standard InChI is InChI=1S/C11H13N5O3/c1-7-8(5-13-15(7)2)14-11(19)9-3-4-12-16(9)6-10(17)18/h3-5H,6H2,1-2H3,(H,14,19)(H,17,18). The molecule has 2 N–H and O–H groups in total. The smallest absolute Gasteiger partial charge is 0.325 e. The highest BCUT2D eigenvalue weighted by Crippen LogP contribution is 2.13. The third kappa shape index (κ3) is 2.62. The minimum atomic E-state index is -1.06. The average Bonchev–Trinajstić information content (AvgIpc) is 2.90. The first kappa shape index (κ1) is 12.8. The Morgan fingerprint density at radius 2 is 2.16 bits per heavy atom. The molecule has 8 nitrogen and oxygen atoms in total. The second kappa shape index (κ2) is 4.92. The Morgan fingerprint density at radius 1 is 1.42 bits per heavy atom. The van der Waals surface area contributed by atoms with E-state index in [0.29, 0.717) is 5.69 Å². The van der Waals surface area contributed by atoms with E-state index in [1.54, 1.807) is 11.7 Å². The third-order valence-corrected chi connectivity index (χ3v) is 2.72. The Balaban J connectivity index is 2.19. The summed E-state index contributed by atoms with van der Waals surface area (Å²) in [4.78, 5) is 22.7. The maximum Gasteiger partial charge on any atom is 0.325 e. The van der Waals surface area contributed by atoms with Crippen molar-refractivity contribution in [1.29, 1.82) is 0 Å². The van der Waals surface area contributed by atoms with Crippen LogP contribution in [0, 0.1) is 6.92 Å². The Morgan fingerprint density at radius 3 is 2.74 bits per heavy atom. The Kier molecular flexibility index (Phi) is 3.32. The van der Waals surface area contributed by atoms with Gasteiger partial charge in [-0.15, -0.1) is 0 Å². The molecule has 2 aromatic heterocycles. The average molecular weight is 263 g/mol. The van der Waals surface area contributed by atoms with Crippen molar-refractivity contribution < 1.29 is 14.7 Å². The van der Waals surface area contributed by atoms with Crippen molar-refractivity contribution in [2.45, 2.75) is 13.5 Å². The van der Waals surface area contributed by atoms with Crippen molar-refractivity contribution in [1.82, 2.24) is 19.6 Å². The van der Waals surface area contributed by atoms with Crippen LogP contribution in [0.5, 0.6) is 0 Å². The number of aliphatic carboxylic acids is 1. The van der Waals surface area contributed by atoms with Gasteiger partial charge in [-0.1, -0.05) is 0 Å². The molecule has 8 heteroatoms. The molecule has 0 atom stereocenters. The number of carboxylic acids is 1. The van der Waals surface area contributed by atoms with Gasteiger partial charge in [0.25, 0.3) is 5.91 Å². The molecular weight excluding hydrogens is 250 g/mol.